The van der Waals surface area contributed by atoms with Crippen molar-refractivity contribution in [3.8, 4) is 11.4 Å². The molecular weight excluding hydrogens is 272 g/mol. The zero-order valence-corrected chi connectivity index (χ0v) is 11.7. The Hall–Kier alpha value is -2.01. The van der Waals surface area contributed by atoms with Crippen LogP contribution in [0.5, 0.6) is 0 Å². The van der Waals surface area contributed by atoms with E-state index in [-0.39, 0.29) is 5.56 Å². The highest BCUT2D eigenvalue weighted by molar-refractivity contribution is 7.98. The molecule has 0 atom stereocenters. The second-order valence-electron chi connectivity index (χ2n) is 4.86. The van der Waals surface area contributed by atoms with E-state index in [1.54, 1.807) is 11.8 Å². The van der Waals surface area contributed by atoms with E-state index in [0.29, 0.717) is 5.82 Å². The fourth-order valence-electron chi connectivity index (χ4n) is 2.64. The highest BCUT2D eigenvalue weighted by Gasteiger charge is 2.21. The van der Waals surface area contributed by atoms with Gasteiger partial charge in [0.05, 0.1) is 11.3 Å². The average Bonchev–Trinajstić information content (AvgIpc) is 3.01. The molecule has 0 bridgehead atoms. The van der Waals surface area contributed by atoms with E-state index in [2.05, 4.69) is 9.97 Å². The summed E-state index contributed by atoms with van der Waals surface area (Å²) in [6.45, 7) is 1.90. The second kappa shape index (κ2) is 4.24. The number of benzene rings is 1. The Kier molecular flexibility index (Phi) is 2.50. The van der Waals surface area contributed by atoms with Gasteiger partial charge in [-0.3, -0.25) is 4.79 Å². The van der Waals surface area contributed by atoms with Gasteiger partial charge in [0.1, 0.15) is 17.2 Å². The number of nitrogens with zero attached hydrogens (tertiary/aromatic N) is 1. The van der Waals surface area contributed by atoms with Gasteiger partial charge in [-0.2, -0.15) is 11.8 Å². The maximum Gasteiger partial charge on any atom is 0.255 e. The number of aryl methyl sites for hydroxylation is 1. The Morgan fingerprint density at radius 1 is 1.30 bits per heavy atom. The lowest BCUT2D eigenvalue weighted by atomic mass is 10.1. The van der Waals surface area contributed by atoms with Crippen molar-refractivity contribution < 1.29 is 4.42 Å². The zero-order valence-electron chi connectivity index (χ0n) is 10.9. The molecule has 0 amide bonds. The molecule has 4 rings (SSSR count). The van der Waals surface area contributed by atoms with Crippen LogP contribution in [-0.4, -0.2) is 9.97 Å². The van der Waals surface area contributed by atoms with Crippen molar-refractivity contribution in [1.82, 2.24) is 9.97 Å². The van der Waals surface area contributed by atoms with Crippen LogP contribution in [0.3, 0.4) is 0 Å². The minimum absolute atomic E-state index is 0.0281. The first-order valence-electron chi connectivity index (χ1n) is 6.42. The molecule has 0 spiro atoms. The maximum atomic E-state index is 12.1. The third kappa shape index (κ3) is 1.63. The van der Waals surface area contributed by atoms with Gasteiger partial charge in [0.25, 0.3) is 5.56 Å². The topological polar surface area (TPSA) is 58.9 Å². The first-order valence-corrected chi connectivity index (χ1v) is 7.58. The number of hydrogen-bond donors (Lipinski definition) is 1. The van der Waals surface area contributed by atoms with Crippen LogP contribution in [0.2, 0.25) is 0 Å². The van der Waals surface area contributed by atoms with Crippen LogP contribution >= 0.6 is 11.8 Å². The largest absolute Gasteiger partial charge is 0.461 e. The minimum Gasteiger partial charge on any atom is -0.461 e. The van der Waals surface area contributed by atoms with Crippen LogP contribution in [0.4, 0.5) is 0 Å². The predicted molar refractivity (Wildman–Crippen MR) is 79.8 cm³/mol. The van der Waals surface area contributed by atoms with E-state index in [0.717, 1.165) is 45.1 Å². The molecule has 0 saturated carbocycles. The molecule has 2 aromatic heterocycles. The number of aromatic amines is 1. The molecule has 1 aliphatic rings. The summed E-state index contributed by atoms with van der Waals surface area (Å²) in [6, 6.07) is 7.81. The summed E-state index contributed by atoms with van der Waals surface area (Å²) < 4.78 is 5.75. The van der Waals surface area contributed by atoms with E-state index in [4.69, 9.17) is 4.42 Å². The summed E-state index contributed by atoms with van der Waals surface area (Å²) in [5.74, 6) is 2.95. The summed E-state index contributed by atoms with van der Waals surface area (Å²) in [6.07, 6.45) is 0. The van der Waals surface area contributed by atoms with E-state index < -0.39 is 0 Å². The van der Waals surface area contributed by atoms with Gasteiger partial charge < -0.3 is 9.40 Å². The number of fused-ring (bicyclic) bond motifs is 2. The standard InChI is InChI=1S/C15H12N2O2S/c1-8-13(9-4-2-3-5-12(9)19-8)14-16-11-7-20-6-10(11)15(18)17-14/h2-5H,6-7H2,1H3,(H,16,17,18). The third-order valence-corrected chi connectivity index (χ3v) is 4.56. The molecule has 100 valence electrons. The van der Waals surface area contributed by atoms with Crippen LogP contribution in [0.1, 0.15) is 17.0 Å². The molecule has 3 heterocycles. The third-order valence-electron chi connectivity index (χ3n) is 3.59. The summed E-state index contributed by atoms with van der Waals surface area (Å²) in [7, 11) is 0. The van der Waals surface area contributed by atoms with Gasteiger partial charge in [0, 0.05) is 22.5 Å². The lowest BCUT2D eigenvalue weighted by Gasteiger charge is -2.03. The molecule has 0 aliphatic carbocycles. The molecule has 3 aromatic rings. The van der Waals surface area contributed by atoms with Crippen molar-refractivity contribution in [2.45, 2.75) is 18.4 Å². The van der Waals surface area contributed by atoms with Crippen LogP contribution in [-0.2, 0) is 11.5 Å². The van der Waals surface area contributed by atoms with Crippen LogP contribution in [0.25, 0.3) is 22.4 Å². The van der Waals surface area contributed by atoms with Gasteiger partial charge in [0.2, 0.25) is 0 Å². The Balaban J connectivity index is 2.03. The molecule has 1 aliphatic heterocycles. The van der Waals surface area contributed by atoms with Gasteiger partial charge in [-0.05, 0) is 13.0 Å². The molecule has 1 aromatic carbocycles. The van der Waals surface area contributed by atoms with Crippen molar-refractivity contribution in [1.29, 1.82) is 0 Å². The second-order valence-corrected chi connectivity index (χ2v) is 5.85. The number of rotatable bonds is 1. The first kappa shape index (κ1) is 11.8. The highest BCUT2D eigenvalue weighted by atomic mass is 32.2. The summed E-state index contributed by atoms with van der Waals surface area (Å²) in [5, 5.41) is 0.985. The van der Waals surface area contributed by atoms with Gasteiger partial charge in [-0.15, -0.1) is 0 Å². The first-order chi connectivity index (χ1) is 9.74. The number of hydrogen-bond acceptors (Lipinski definition) is 4. The maximum absolute atomic E-state index is 12.1. The summed E-state index contributed by atoms with van der Waals surface area (Å²) in [5.41, 5.74) is 3.39. The molecule has 5 heteroatoms. The van der Waals surface area contributed by atoms with Gasteiger partial charge in [-0.1, -0.05) is 18.2 Å². The Bertz CT molecular complexity index is 879. The Morgan fingerprint density at radius 2 is 2.15 bits per heavy atom. The molecule has 0 unspecified atom stereocenters. The molecule has 1 N–H and O–H groups in total. The normalized spacial score (nSPS) is 13.8. The van der Waals surface area contributed by atoms with Crippen molar-refractivity contribution in [2.24, 2.45) is 0 Å². The van der Waals surface area contributed by atoms with Gasteiger partial charge in [0.15, 0.2) is 0 Å². The molecule has 0 saturated heterocycles. The quantitative estimate of drug-likeness (QED) is 0.745. The number of aromatic nitrogens is 2. The van der Waals surface area contributed by atoms with Crippen LogP contribution in [0, 0.1) is 6.92 Å². The molecule has 20 heavy (non-hydrogen) atoms. The molecule has 0 radical (unpaired) electrons. The lowest BCUT2D eigenvalue weighted by Crippen LogP contribution is -2.15. The smallest absolute Gasteiger partial charge is 0.255 e. The monoisotopic (exact) mass is 284 g/mol. The molecule has 4 nitrogen and oxygen atoms in total. The molecule has 0 fully saturated rings. The number of furan rings is 1. The van der Waals surface area contributed by atoms with Crippen LogP contribution in [0.15, 0.2) is 33.5 Å². The number of thioether (sulfide) groups is 1. The minimum atomic E-state index is -0.0281. The fraction of sp³-hybridized carbons (Fsp3) is 0.200. The van der Waals surface area contributed by atoms with Crippen molar-refractivity contribution in [3.05, 3.63) is 51.6 Å². The Morgan fingerprint density at radius 3 is 3.05 bits per heavy atom. The highest BCUT2D eigenvalue weighted by Crippen LogP contribution is 2.33. The van der Waals surface area contributed by atoms with Crippen molar-refractivity contribution in [3.63, 3.8) is 0 Å². The predicted octanol–water partition coefficient (Wildman–Crippen LogP) is 3.24. The van der Waals surface area contributed by atoms with E-state index in [1.807, 2.05) is 31.2 Å². The number of para-hydroxylation sites is 1. The fourth-order valence-corrected chi connectivity index (χ4v) is 3.68. The van der Waals surface area contributed by atoms with Crippen molar-refractivity contribution >= 4 is 22.7 Å². The molecular formula is C15H12N2O2S. The van der Waals surface area contributed by atoms with Crippen LogP contribution < -0.4 is 5.56 Å². The number of H-pyrrole nitrogens is 1. The average molecular weight is 284 g/mol. The lowest BCUT2D eigenvalue weighted by molar-refractivity contribution is 0.579. The van der Waals surface area contributed by atoms with Crippen molar-refractivity contribution in [2.75, 3.05) is 0 Å². The van der Waals surface area contributed by atoms with Gasteiger partial charge in [-0.25, -0.2) is 4.98 Å². The Labute approximate surface area is 119 Å². The summed E-state index contributed by atoms with van der Waals surface area (Å²) >= 11 is 1.72. The SMILES string of the molecule is Cc1oc2ccccc2c1-c1nc2c(c(=O)[nH]1)CSC2. The number of nitrogens with one attached hydrogen (secondary N) is 1. The van der Waals surface area contributed by atoms with Gasteiger partial charge >= 0.3 is 0 Å². The van der Waals surface area contributed by atoms with E-state index >= 15 is 0 Å². The van der Waals surface area contributed by atoms with E-state index in [1.165, 1.54) is 0 Å². The van der Waals surface area contributed by atoms with E-state index in [9.17, 15) is 4.79 Å². The summed E-state index contributed by atoms with van der Waals surface area (Å²) in [4.78, 5) is 19.7. The zero-order chi connectivity index (χ0) is 13.7.